The molecule has 2 nitrogen and oxygen atoms in total. The van der Waals surface area contributed by atoms with Crippen LogP contribution in [-0.2, 0) is 4.74 Å². The van der Waals surface area contributed by atoms with Crippen molar-refractivity contribution in [3.63, 3.8) is 0 Å². The summed E-state index contributed by atoms with van der Waals surface area (Å²) >= 11 is 6.80. The predicted molar refractivity (Wildman–Crippen MR) is 39.8 cm³/mol. The summed E-state index contributed by atoms with van der Waals surface area (Å²) in [5, 5.41) is 0.835. The van der Waals surface area contributed by atoms with Crippen LogP contribution in [0.25, 0.3) is 0 Å². The zero-order valence-electron chi connectivity index (χ0n) is 4.85. The smallest absolute Gasteiger partial charge is 0.175 e. The fourth-order valence-corrected chi connectivity index (χ4v) is 1.24. The molecule has 0 bridgehead atoms. The fraction of sp³-hybridized carbons (Fsp3) is 0.200. The van der Waals surface area contributed by atoms with Crippen molar-refractivity contribution in [2.45, 2.75) is 0 Å². The van der Waals surface area contributed by atoms with Crippen LogP contribution in [0.4, 0.5) is 0 Å². The van der Waals surface area contributed by atoms with E-state index in [1.807, 2.05) is 6.08 Å². The van der Waals surface area contributed by atoms with Gasteiger partial charge in [0, 0.05) is 23.6 Å². The summed E-state index contributed by atoms with van der Waals surface area (Å²) in [5.74, 6) is 0. The quantitative estimate of drug-likeness (QED) is 0.596. The van der Waals surface area contributed by atoms with E-state index < -0.39 is 0 Å². The van der Waals surface area contributed by atoms with Crippen LogP contribution in [0.5, 0.6) is 0 Å². The molecule has 0 aromatic rings. The number of ether oxygens (including phenoxy) is 1. The SMILES string of the molecule is COC1=CC(=CCl)NS1. The molecule has 0 aromatic carbocycles. The van der Waals surface area contributed by atoms with Gasteiger partial charge >= 0.3 is 0 Å². The molecule has 0 fully saturated rings. The molecule has 1 rings (SSSR count). The van der Waals surface area contributed by atoms with Crippen molar-refractivity contribution in [2.24, 2.45) is 0 Å². The Balaban J connectivity index is 2.61. The zero-order chi connectivity index (χ0) is 6.69. The maximum absolute atomic E-state index is 5.39. The molecule has 0 atom stereocenters. The Kier molecular flexibility index (Phi) is 2.30. The van der Waals surface area contributed by atoms with Gasteiger partial charge in [-0.05, 0) is 0 Å². The van der Waals surface area contributed by atoms with Crippen molar-refractivity contribution in [3.8, 4) is 0 Å². The van der Waals surface area contributed by atoms with Crippen LogP contribution in [-0.4, -0.2) is 7.11 Å². The Labute approximate surface area is 63.0 Å². The highest BCUT2D eigenvalue weighted by Crippen LogP contribution is 2.23. The van der Waals surface area contributed by atoms with Crippen molar-refractivity contribution in [1.82, 2.24) is 4.72 Å². The van der Waals surface area contributed by atoms with Gasteiger partial charge in [0.05, 0.1) is 12.8 Å². The Morgan fingerprint density at radius 2 is 2.67 bits per heavy atom. The number of nitrogens with one attached hydrogen (secondary N) is 1. The van der Waals surface area contributed by atoms with Gasteiger partial charge in [-0.25, -0.2) is 0 Å². The Bertz CT molecular complexity index is 166. The van der Waals surface area contributed by atoms with E-state index in [1.54, 1.807) is 7.11 Å². The summed E-state index contributed by atoms with van der Waals surface area (Å²) in [7, 11) is 1.62. The number of hydrogen-bond donors (Lipinski definition) is 1. The van der Waals surface area contributed by atoms with Gasteiger partial charge in [-0.1, -0.05) is 11.6 Å². The van der Waals surface area contributed by atoms with E-state index in [0.717, 1.165) is 10.8 Å². The molecular formula is C5H6ClNOS. The number of methoxy groups -OCH3 is 1. The number of rotatable bonds is 1. The van der Waals surface area contributed by atoms with E-state index in [-0.39, 0.29) is 0 Å². The second-order valence-electron chi connectivity index (χ2n) is 1.44. The minimum Gasteiger partial charge on any atom is -0.489 e. The monoisotopic (exact) mass is 163 g/mol. The first-order chi connectivity index (χ1) is 4.36. The molecule has 1 heterocycles. The summed E-state index contributed by atoms with van der Waals surface area (Å²) in [6.07, 6.45) is 1.83. The number of halogens is 1. The van der Waals surface area contributed by atoms with Crippen molar-refractivity contribution in [2.75, 3.05) is 7.11 Å². The molecule has 0 spiro atoms. The highest BCUT2D eigenvalue weighted by Gasteiger charge is 2.07. The first-order valence-electron chi connectivity index (χ1n) is 2.35. The lowest BCUT2D eigenvalue weighted by Gasteiger charge is -1.93. The Morgan fingerprint density at radius 1 is 1.89 bits per heavy atom. The van der Waals surface area contributed by atoms with Crippen molar-refractivity contribution in [3.05, 3.63) is 22.4 Å². The third-order valence-electron chi connectivity index (χ3n) is 0.862. The molecule has 50 valence electrons. The second-order valence-corrected chi connectivity index (χ2v) is 2.46. The van der Waals surface area contributed by atoms with Crippen LogP contribution < -0.4 is 4.72 Å². The first kappa shape index (κ1) is 6.83. The topological polar surface area (TPSA) is 21.3 Å². The van der Waals surface area contributed by atoms with Crippen LogP contribution in [0.15, 0.2) is 22.4 Å². The van der Waals surface area contributed by atoms with E-state index in [9.17, 15) is 0 Å². The molecule has 1 aliphatic heterocycles. The maximum atomic E-state index is 5.39. The number of allylic oxidation sites excluding steroid dienone is 1. The van der Waals surface area contributed by atoms with E-state index in [4.69, 9.17) is 16.3 Å². The Morgan fingerprint density at radius 3 is 3.00 bits per heavy atom. The van der Waals surface area contributed by atoms with Crippen LogP contribution in [0.2, 0.25) is 0 Å². The molecule has 9 heavy (non-hydrogen) atoms. The lowest BCUT2D eigenvalue weighted by atomic mass is 10.5. The summed E-state index contributed by atoms with van der Waals surface area (Å²) in [6.45, 7) is 0. The van der Waals surface area contributed by atoms with E-state index in [0.29, 0.717) is 0 Å². The lowest BCUT2D eigenvalue weighted by molar-refractivity contribution is 0.325. The predicted octanol–water partition coefficient (Wildman–Crippen LogP) is 1.81. The summed E-state index contributed by atoms with van der Waals surface area (Å²) in [5.41, 5.74) is 2.34. The number of hydrogen-bond acceptors (Lipinski definition) is 3. The van der Waals surface area contributed by atoms with Crippen LogP contribution in [0.3, 0.4) is 0 Å². The van der Waals surface area contributed by atoms with Gasteiger partial charge in [0.25, 0.3) is 0 Å². The highest BCUT2D eigenvalue weighted by molar-refractivity contribution is 8.01. The third-order valence-corrected chi connectivity index (χ3v) is 1.92. The molecule has 0 unspecified atom stereocenters. The normalized spacial score (nSPS) is 21.6. The van der Waals surface area contributed by atoms with Crippen molar-refractivity contribution < 1.29 is 4.74 Å². The standard InChI is InChI=1S/C5H6ClNOS/c1-8-5-2-4(3-6)7-9-5/h2-3,7H,1H3. The minimum absolute atomic E-state index is 0.835. The van der Waals surface area contributed by atoms with Crippen molar-refractivity contribution >= 4 is 23.5 Å². The molecule has 0 radical (unpaired) electrons. The molecule has 0 aliphatic carbocycles. The first-order valence-corrected chi connectivity index (χ1v) is 3.61. The van der Waals surface area contributed by atoms with Crippen molar-refractivity contribution in [1.29, 1.82) is 0 Å². The average molecular weight is 164 g/mol. The fourth-order valence-electron chi connectivity index (χ4n) is 0.449. The maximum Gasteiger partial charge on any atom is 0.175 e. The molecule has 0 amide bonds. The van der Waals surface area contributed by atoms with Gasteiger partial charge in [-0.2, -0.15) is 0 Å². The van der Waals surface area contributed by atoms with Gasteiger partial charge in [-0.3, -0.25) is 0 Å². The van der Waals surface area contributed by atoms with E-state index >= 15 is 0 Å². The van der Waals surface area contributed by atoms with Crippen LogP contribution >= 0.6 is 23.5 Å². The lowest BCUT2D eigenvalue weighted by Crippen LogP contribution is -1.91. The summed E-state index contributed by atoms with van der Waals surface area (Å²) in [6, 6.07) is 0. The molecule has 1 aliphatic rings. The van der Waals surface area contributed by atoms with Gasteiger partial charge in [0.1, 0.15) is 0 Å². The average Bonchev–Trinajstić information content (AvgIpc) is 2.34. The zero-order valence-corrected chi connectivity index (χ0v) is 6.42. The van der Waals surface area contributed by atoms with E-state index in [2.05, 4.69) is 4.72 Å². The molecule has 4 heteroatoms. The molecule has 0 saturated heterocycles. The minimum atomic E-state index is 0.835. The van der Waals surface area contributed by atoms with Crippen LogP contribution in [0.1, 0.15) is 0 Å². The highest BCUT2D eigenvalue weighted by atomic mass is 35.5. The third kappa shape index (κ3) is 1.56. The molecular weight excluding hydrogens is 158 g/mol. The van der Waals surface area contributed by atoms with Gasteiger partial charge in [-0.15, -0.1) is 0 Å². The van der Waals surface area contributed by atoms with Gasteiger partial charge in [0.15, 0.2) is 5.09 Å². The Hall–Kier alpha value is -0.280. The summed E-state index contributed by atoms with van der Waals surface area (Å²) < 4.78 is 7.84. The largest absolute Gasteiger partial charge is 0.489 e. The molecule has 0 aromatic heterocycles. The van der Waals surface area contributed by atoms with Gasteiger partial charge < -0.3 is 9.46 Å². The summed E-state index contributed by atoms with van der Waals surface area (Å²) in [4.78, 5) is 0. The van der Waals surface area contributed by atoms with Gasteiger partial charge in [0.2, 0.25) is 0 Å². The molecule has 1 N–H and O–H groups in total. The molecule has 0 saturated carbocycles. The van der Waals surface area contributed by atoms with E-state index in [1.165, 1.54) is 17.5 Å². The van der Waals surface area contributed by atoms with Crippen LogP contribution in [0, 0.1) is 0 Å². The second kappa shape index (κ2) is 3.03.